The number of aliphatic hydroxyl groups is 1. The van der Waals surface area contributed by atoms with Gasteiger partial charge in [0.15, 0.2) is 5.13 Å². The van der Waals surface area contributed by atoms with Crippen LogP contribution in [0, 0.1) is 0 Å². The van der Waals surface area contributed by atoms with Crippen LogP contribution in [-0.2, 0) is 4.74 Å². The standard InChI is InChI=1S/C12H17N3O2S/c1-15(4-6-17-7-5-16)12-14-10-3-2-9(13)8-11(10)18-12/h2-3,8,16H,4-7,13H2,1H3. The molecule has 0 unspecified atom stereocenters. The summed E-state index contributed by atoms with van der Waals surface area (Å²) in [5.41, 5.74) is 7.47. The van der Waals surface area contributed by atoms with Crippen molar-refractivity contribution in [1.29, 1.82) is 0 Å². The number of rotatable bonds is 6. The molecule has 0 bridgehead atoms. The highest BCUT2D eigenvalue weighted by atomic mass is 32.1. The van der Waals surface area contributed by atoms with Gasteiger partial charge in [-0.05, 0) is 18.2 Å². The minimum absolute atomic E-state index is 0.0597. The quantitative estimate of drug-likeness (QED) is 0.610. The first kappa shape index (κ1) is 13.1. The van der Waals surface area contributed by atoms with Crippen molar-refractivity contribution in [1.82, 2.24) is 4.98 Å². The van der Waals surface area contributed by atoms with Crippen molar-refractivity contribution < 1.29 is 9.84 Å². The van der Waals surface area contributed by atoms with Crippen LogP contribution in [0.3, 0.4) is 0 Å². The number of ether oxygens (including phenoxy) is 1. The molecule has 0 spiro atoms. The van der Waals surface area contributed by atoms with Gasteiger partial charge in [0.1, 0.15) is 0 Å². The maximum atomic E-state index is 8.61. The van der Waals surface area contributed by atoms with Crippen LogP contribution in [0.5, 0.6) is 0 Å². The van der Waals surface area contributed by atoms with E-state index in [0.717, 1.165) is 27.6 Å². The number of anilines is 2. The van der Waals surface area contributed by atoms with Crippen molar-refractivity contribution in [3.8, 4) is 0 Å². The molecule has 1 heterocycles. The first-order chi connectivity index (χ1) is 8.70. The third-order valence-corrected chi connectivity index (χ3v) is 3.67. The van der Waals surface area contributed by atoms with Gasteiger partial charge in [0.25, 0.3) is 0 Å². The van der Waals surface area contributed by atoms with Crippen molar-refractivity contribution in [2.45, 2.75) is 0 Å². The molecular weight excluding hydrogens is 250 g/mol. The number of nitrogens with two attached hydrogens (primary N) is 1. The van der Waals surface area contributed by atoms with Gasteiger partial charge in [-0.15, -0.1) is 0 Å². The van der Waals surface area contributed by atoms with Gasteiger partial charge in [-0.2, -0.15) is 0 Å². The molecule has 6 heteroatoms. The molecule has 1 aromatic heterocycles. The zero-order chi connectivity index (χ0) is 13.0. The fourth-order valence-electron chi connectivity index (χ4n) is 1.56. The largest absolute Gasteiger partial charge is 0.399 e. The Morgan fingerprint density at radius 3 is 3.06 bits per heavy atom. The summed E-state index contributed by atoms with van der Waals surface area (Å²) in [7, 11) is 1.98. The number of thiazole rings is 1. The SMILES string of the molecule is CN(CCOCCO)c1nc2ccc(N)cc2s1. The number of benzene rings is 1. The van der Waals surface area contributed by atoms with Gasteiger partial charge in [0.2, 0.25) is 0 Å². The normalized spacial score (nSPS) is 11.0. The van der Waals surface area contributed by atoms with Crippen LogP contribution in [0.15, 0.2) is 18.2 Å². The molecular formula is C12H17N3O2S. The Hall–Kier alpha value is -1.37. The Kier molecular flexibility index (Phi) is 4.35. The Bertz CT molecular complexity index is 515. The summed E-state index contributed by atoms with van der Waals surface area (Å²) in [5.74, 6) is 0. The van der Waals surface area contributed by atoms with Crippen LogP contribution < -0.4 is 10.6 Å². The molecule has 2 rings (SSSR count). The molecule has 0 atom stereocenters. The van der Waals surface area contributed by atoms with Gasteiger partial charge >= 0.3 is 0 Å². The molecule has 98 valence electrons. The zero-order valence-electron chi connectivity index (χ0n) is 10.3. The second kappa shape index (κ2) is 5.99. The lowest BCUT2D eigenvalue weighted by Crippen LogP contribution is -2.22. The molecule has 0 saturated carbocycles. The van der Waals surface area contributed by atoms with E-state index in [-0.39, 0.29) is 6.61 Å². The van der Waals surface area contributed by atoms with E-state index >= 15 is 0 Å². The van der Waals surface area contributed by atoms with E-state index < -0.39 is 0 Å². The van der Waals surface area contributed by atoms with Crippen molar-refractivity contribution in [2.75, 3.05) is 44.0 Å². The van der Waals surface area contributed by atoms with E-state index in [1.165, 1.54) is 0 Å². The second-order valence-electron chi connectivity index (χ2n) is 3.98. The number of fused-ring (bicyclic) bond motifs is 1. The summed E-state index contributed by atoms with van der Waals surface area (Å²) in [4.78, 5) is 6.58. The highest BCUT2D eigenvalue weighted by Crippen LogP contribution is 2.29. The van der Waals surface area contributed by atoms with Crippen molar-refractivity contribution in [3.63, 3.8) is 0 Å². The lowest BCUT2D eigenvalue weighted by Gasteiger charge is -2.14. The molecule has 0 saturated heterocycles. The zero-order valence-corrected chi connectivity index (χ0v) is 11.1. The topological polar surface area (TPSA) is 71.6 Å². The maximum absolute atomic E-state index is 8.61. The summed E-state index contributed by atoms with van der Waals surface area (Å²) >= 11 is 1.61. The molecule has 0 aliphatic rings. The fraction of sp³-hybridized carbons (Fsp3) is 0.417. The van der Waals surface area contributed by atoms with Crippen LogP contribution in [0.4, 0.5) is 10.8 Å². The van der Waals surface area contributed by atoms with Gasteiger partial charge in [-0.25, -0.2) is 4.98 Å². The number of hydrogen-bond acceptors (Lipinski definition) is 6. The lowest BCUT2D eigenvalue weighted by molar-refractivity contribution is 0.0971. The van der Waals surface area contributed by atoms with E-state index in [1.807, 2.05) is 30.1 Å². The van der Waals surface area contributed by atoms with E-state index in [2.05, 4.69) is 4.98 Å². The molecule has 0 radical (unpaired) electrons. The van der Waals surface area contributed by atoms with Gasteiger partial charge in [-0.3, -0.25) is 0 Å². The average Bonchev–Trinajstić information content (AvgIpc) is 2.77. The van der Waals surface area contributed by atoms with E-state index in [0.29, 0.717) is 13.2 Å². The molecule has 5 nitrogen and oxygen atoms in total. The van der Waals surface area contributed by atoms with E-state index in [9.17, 15) is 0 Å². The third kappa shape index (κ3) is 3.10. The van der Waals surface area contributed by atoms with Gasteiger partial charge in [-0.1, -0.05) is 11.3 Å². The van der Waals surface area contributed by atoms with Crippen LogP contribution in [0.25, 0.3) is 10.2 Å². The van der Waals surface area contributed by atoms with Crippen molar-refractivity contribution in [2.24, 2.45) is 0 Å². The Labute approximate surface area is 110 Å². The molecule has 1 aromatic carbocycles. The number of hydrogen-bond donors (Lipinski definition) is 2. The summed E-state index contributed by atoms with van der Waals surface area (Å²) in [5, 5.41) is 9.56. The fourth-order valence-corrected chi connectivity index (χ4v) is 2.56. The number of nitrogen functional groups attached to an aromatic ring is 1. The Balaban J connectivity index is 2.01. The number of aliphatic hydroxyl groups excluding tert-OH is 1. The minimum Gasteiger partial charge on any atom is -0.399 e. The van der Waals surface area contributed by atoms with E-state index in [1.54, 1.807) is 11.3 Å². The number of nitrogens with zero attached hydrogens (tertiary/aromatic N) is 2. The van der Waals surface area contributed by atoms with Gasteiger partial charge < -0.3 is 20.5 Å². The molecule has 0 aliphatic carbocycles. The minimum atomic E-state index is 0.0597. The highest BCUT2D eigenvalue weighted by molar-refractivity contribution is 7.22. The van der Waals surface area contributed by atoms with E-state index in [4.69, 9.17) is 15.6 Å². The summed E-state index contributed by atoms with van der Waals surface area (Å²) < 4.78 is 6.32. The highest BCUT2D eigenvalue weighted by Gasteiger charge is 2.08. The molecule has 0 fully saturated rings. The predicted molar refractivity (Wildman–Crippen MR) is 75.2 cm³/mol. The summed E-state index contributed by atoms with van der Waals surface area (Å²) in [6, 6.07) is 5.73. The molecule has 0 aliphatic heterocycles. The van der Waals surface area contributed by atoms with Crippen molar-refractivity contribution >= 4 is 32.4 Å². The van der Waals surface area contributed by atoms with Crippen molar-refractivity contribution in [3.05, 3.63) is 18.2 Å². The first-order valence-electron chi connectivity index (χ1n) is 5.76. The Morgan fingerprint density at radius 1 is 1.44 bits per heavy atom. The molecule has 0 amide bonds. The molecule has 2 aromatic rings. The van der Waals surface area contributed by atoms with Crippen LogP contribution in [0.1, 0.15) is 0 Å². The number of aromatic nitrogens is 1. The Morgan fingerprint density at radius 2 is 2.28 bits per heavy atom. The maximum Gasteiger partial charge on any atom is 0.186 e. The monoisotopic (exact) mass is 267 g/mol. The summed E-state index contributed by atoms with van der Waals surface area (Å²) in [6.07, 6.45) is 0. The molecule has 18 heavy (non-hydrogen) atoms. The smallest absolute Gasteiger partial charge is 0.186 e. The summed E-state index contributed by atoms with van der Waals surface area (Å²) in [6.45, 7) is 1.76. The third-order valence-electron chi connectivity index (χ3n) is 2.53. The van der Waals surface area contributed by atoms with Crippen LogP contribution in [0.2, 0.25) is 0 Å². The molecule has 3 N–H and O–H groups in total. The second-order valence-corrected chi connectivity index (χ2v) is 4.99. The van der Waals surface area contributed by atoms with Crippen LogP contribution >= 0.6 is 11.3 Å². The predicted octanol–water partition coefficient (Wildman–Crippen LogP) is 1.32. The average molecular weight is 267 g/mol. The first-order valence-corrected chi connectivity index (χ1v) is 6.58. The van der Waals surface area contributed by atoms with Crippen LogP contribution in [-0.4, -0.2) is 43.5 Å². The van der Waals surface area contributed by atoms with Gasteiger partial charge in [0.05, 0.1) is 30.0 Å². The lowest BCUT2D eigenvalue weighted by atomic mass is 10.3. The number of likely N-dealkylation sites (N-methyl/N-ethyl adjacent to an activating group) is 1. The van der Waals surface area contributed by atoms with Gasteiger partial charge in [0, 0.05) is 19.3 Å².